The summed E-state index contributed by atoms with van der Waals surface area (Å²) in [6.45, 7) is 8.99. The Morgan fingerprint density at radius 1 is 1.39 bits per heavy atom. The van der Waals surface area contributed by atoms with Gasteiger partial charge in [-0.15, -0.1) is 6.42 Å². The van der Waals surface area contributed by atoms with Gasteiger partial charge in [0.15, 0.2) is 6.10 Å². The average Bonchev–Trinajstić information content (AvgIpc) is 2.35. The maximum atomic E-state index is 5.65. The molecule has 18 heavy (non-hydrogen) atoms. The summed E-state index contributed by atoms with van der Waals surface area (Å²) >= 11 is 0. The number of hydrogen-bond donors (Lipinski definition) is 1. The van der Waals surface area contributed by atoms with E-state index < -0.39 is 0 Å². The number of anilines is 1. The van der Waals surface area contributed by atoms with Gasteiger partial charge in [0.05, 0.1) is 5.56 Å². The first kappa shape index (κ1) is 14.3. The Morgan fingerprint density at radius 3 is 2.67 bits per heavy atom. The van der Waals surface area contributed by atoms with Crippen molar-refractivity contribution in [2.24, 2.45) is 0 Å². The summed E-state index contributed by atoms with van der Waals surface area (Å²) in [5.74, 6) is 4.22. The van der Waals surface area contributed by atoms with Gasteiger partial charge in [-0.2, -0.15) is 0 Å². The van der Waals surface area contributed by atoms with Gasteiger partial charge in [0, 0.05) is 6.54 Å². The summed E-state index contributed by atoms with van der Waals surface area (Å²) in [5, 5.41) is 3.29. The molecule has 0 aromatic carbocycles. The molecule has 0 aliphatic rings. The Morgan fingerprint density at radius 2 is 2.11 bits per heavy atom. The van der Waals surface area contributed by atoms with E-state index in [9.17, 15) is 0 Å². The van der Waals surface area contributed by atoms with Crippen molar-refractivity contribution in [3.05, 3.63) is 11.9 Å². The first-order chi connectivity index (χ1) is 8.60. The predicted molar refractivity (Wildman–Crippen MR) is 73.8 cm³/mol. The van der Waals surface area contributed by atoms with Crippen molar-refractivity contribution in [2.45, 2.75) is 46.1 Å². The van der Waals surface area contributed by atoms with E-state index in [0.29, 0.717) is 5.88 Å². The first-order valence-electron chi connectivity index (χ1n) is 6.31. The molecule has 0 aliphatic heterocycles. The average molecular weight is 247 g/mol. The molecule has 0 radical (unpaired) electrons. The van der Waals surface area contributed by atoms with Crippen molar-refractivity contribution in [2.75, 3.05) is 11.9 Å². The molecule has 0 amide bonds. The van der Waals surface area contributed by atoms with Crippen LogP contribution in [0.25, 0.3) is 0 Å². The van der Waals surface area contributed by atoms with E-state index in [1.807, 2.05) is 6.92 Å². The maximum absolute atomic E-state index is 5.65. The number of terminal acetylenes is 1. The smallest absolute Gasteiger partial charge is 0.223 e. The number of aromatic nitrogens is 2. The van der Waals surface area contributed by atoms with Crippen LogP contribution >= 0.6 is 0 Å². The highest BCUT2D eigenvalue weighted by Gasteiger charge is 2.17. The molecular formula is C14H21N3O. The molecule has 1 heterocycles. The lowest BCUT2D eigenvalue weighted by molar-refractivity contribution is 0.263. The summed E-state index contributed by atoms with van der Waals surface area (Å²) in [4.78, 5) is 8.47. The molecule has 0 saturated heterocycles. The minimum atomic E-state index is -0.295. The van der Waals surface area contributed by atoms with E-state index in [1.165, 1.54) is 6.33 Å². The van der Waals surface area contributed by atoms with E-state index in [2.05, 4.69) is 42.0 Å². The Balaban J connectivity index is 3.05. The molecule has 4 nitrogen and oxygen atoms in total. The van der Waals surface area contributed by atoms with E-state index in [4.69, 9.17) is 11.2 Å². The van der Waals surface area contributed by atoms with Crippen molar-refractivity contribution in [3.63, 3.8) is 0 Å². The van der Waals surface area contributed by atoms with Crippen LogP contribution in [0.2, 0.25) is 0 Å². The van der Waals surface area contributed by atoms with Gasteiger partial charge in [0.25, 0.3) is 0 Å². The molecule has 1 aromatic rings. The molecule has 0 aliphatic carbocycles. The fraction of sp³-hybridized carbons (Fsp3) is 0.571. The topological polar surface area (TPSA) is 47.0 Å². The van der Waals surface area contributed by atoms with Crippen LogP contribution in [-0.2, 0) is 0 Å². The largest absolute Gasteiger partial charge is 0.461 e. The molecule has 0 saturated carbocycles. The van der Waals surface area contributed by atoms with Gasteiger partial charge in [-0.3, -0.25) is 0 Å². The maximum Gasteiger partial charge on any atom is 0.223 e. The summed E-state index contributed by atoms with van der Waals surface area (Å²) in [5.41, 5.74) is 0.980. The lowest BCUT2D eigenvalue weighted by atomic mass is 10.1. The van der Waals surface area contributed by atoms with Crippen LogP contribution in [-0.4, -0.2) is 22.6 Å². The zero-order valence-electron chi connectivity index (χ0n) is 11.5. The van der Waals surface area contributed by atoms with Gasteiger partial charge < -0.3 is 10.1 Å². The molecule has 1 N–H and O–H groups in total. The van der Waals surface area contributed by atoms with Crippen LogP contribution in [0.4, 0.5) is 5.82 Å². The van der Waals surface area contributed by atoms with Gasteiger partial charge in [-0.05, 0) is 19.3 Å². The van der Waals surface area contributed by atoms with Crippen LogP contribution in [0.3, 0.4) is 0 Å². The van der Waals surface area contributed by atoms with Crippen LogP contribution in [0, 0.1) is 12.3 Å². The van der Waals surface area contributed by atoms with E-state index >= 15 is 0 Å². The third-order valence-electron chi connectivity index (χ3n) is 2.49. The van der Waals surface area contributed by atoms with E-state index in [0.717, 1.165) is 24.3 Å². The zero-order valence-corrected chi connectivity index (χ0v) is 11.5. The molecule has 1 rings (SSSR count). The van der Waals surface area contributed by atoms with Crippen LogP contribution in [0.15, 0.2) is 6.33 Å². The van der Waals surface area contributed by atoms with E-state index in [-0.39, 0.29) is 12.0 Å². The summed E-state index contributed by atoms with van der Waals surface area (Å²) < 4.78 is 5.65. The molecule has 0 spiro atoms. The van der Waals surface area contributed by atoms with E-state index in [1.54, 1.807) is 0 Å². The number of ether oxygens (including phenoxy) is 1. The lowest BCUT2D eigenvalue weighted by Crippen LogP contribution is -2.14. The fourth-order valence-corrected chi connectivity index (χ4v) is 1.58. The van der Waals surface area contributed by atoms with Crippen LogP contribution < -0.4 is 10.1 Å². The SMILES string of the molecule is C#CC(C)Oc1ncnc(NCCC)c1C(C)C. The summed E-state index contributed by atoms with van der Waals surface area (Å²) in [6, 6.07) is 0. The van der Waals surface area contributed by atoms with Crippen molar-refractivity contribution in [1.29, 1.82) is 0 Å². The van der Waals surface area contributed by atoms with Crippen molar-refractivity contribution in [1.82, 2.24) is 9.97 Å². The Hall–Kier alpha value is -1.76. The fourth-order valence-electron chi connectivity index (χ4n) is 1.58. The Kier molecular flexibility index (Phi) is 5.44. The highest BCUT2D eigenvalue weighted by Crippen LogP contribution is 2.30. The standard InChI is InChI=1S/C14H21N3O/c1-6-8-15-13-12(10(3)4)14(17-9-16-13)18-11(5)7-2/h2,9-11H,6,8H2,1,3-5H3,(H,15,16,17). The Bertz CT molecular complexity index is 424. The van der Waals surface area contributed by atoms with Crippen molar-refractivity contribution < 1.29 is 4.74 Å². The molecule has 4 heteroatoms. The highest BCUT2D eigenvalue weighted by molar-refractivity contribution is 5.50. The molecule has 1 atom stereocenters. The van der Waals surface area contributed by atoms with Crippen LogP contribution in [0.5, 0.6) is 5.88 Å². The normalized spacial score (nSPS) is 12.0. The van der Waals surface area contributed by atoms with Crippen LogP contribution in [0.1, 0.15) is 45.6 Å². The minimum Gasteiger partial charge on any atom is -0.461 e. The third-order valence-corrected chi connectivity index (χ3v) is 2.49. The third kappa shape index (κ3) is 3.63. The second-order valence-corrected chi connectivity index (χ2v) is 4.45. The molecule has 98 valence electrons. The molecule has 1 unspecified atom stereocenters. The summed E-state index contributed by atoms with van der Waals surface area (Å²) in [7, 11) is 0. The van der Waals surface area contributed by atoms with Gasteiger partial charge >= 0.3 is 0 Å². The first-order valence-corrected chi connectivity index (χ1v) is 6.31. The minimum absolute atomic E-state index is 0.269. The van der Waals surface area contributed by atoms with Gasteiger partial charge in [-0.25, -0.2) is 9.97 Å². The Labute approximate surface area is 109 Å². The number of rotatable bonds is 6. The number of hydrogen-bond acceptors (Lipinski definition) is 4. The molecule has 1 aromatic heterocycles. The van der Waals surface area contributed by atoms with Crippen molar-refractivity contribution >= 4 is 5.82 Å². The monoisotopic (exact) mass is 247 g/mol. The van der Waals surface area contributed by atoms with Crippen molar-refractivity contribution in [3.8, 4) is 18.2 Å². The zero-order chi connectivity index (χ0) is 13.5. The molecule has 0 bridgehead atoms. The lowest BCUT2D eigenvalue weighted by Gasteiger charge is -2.18. The molecular weight excluding hydrogens is 226 g/mol. The van der Waals surface area contributed by atoms with Gasteiger partial charge in [0.2, 0.25) is 5.88 Å². The van der Waals surface area contributed by atoms with Gasteiger partial charge in [-0.1, -0.05) is 26.7 Å². The number of nitrogens with one attached hydrogen (secondary N) is 1. The molecule has 0 fully saturated rings. The number of nitrogens with zero attached hydrogens (tertiary/aromatic N) is 2. The quantitative estimate of drug-likeness (QED) is 0.785. The second-order valence-electron chi connectivity index (χ2n) is 4.45. The van der Waals surface area contributed by atoms with Gasteiger partial charge in [0.1, 0.15) is 12.1 Å². The summed E-state index contributed by atoms with van der Waals surface area (Å²) in [6.07, 6.45) is 7.58. The predicted octanol–water partition coefficient (Wildman–Crippen LogP) is 2.82. The second kappa shape index (κ2) is 6.85. The highest BCUT2D eigenvalue weighted by atomic mass is 16.5.